The molecule has 6 heteroatoms. The summed E-state index contributed by atoms with van der Waals surface area (Å²) in [5, 5.41) is 6.36. The Morgan fingerprint density at radius 1 is 1.30 bits per heavy atom. The van der Waals surface area contributed by atoms with Crippen molar-refractivity contribution >= 4 is 44.4 Å². The van der Waals surface area contributed by atoms with E-state index in [4.69, 9.17) is 0 Å². The van der Waals surface area contributed by atoms with Gasteiger partial charge in [-0.05, 0) is 35.0 Å². The molecule has 0 bridgehead atoms. The Balaban J connectivity index is 1.92. The molecular formula is C14H13BrN4S. The summed E-state index contributed by atoms with van der Waals surface area (Å²) in [5.41, 5.74) is 1.13. The molecule has 0 aliphatic carbocycles. The average Bonchev–Trinajstić information content (AvgIpc) is 2.86. The largest absolute Gasteiger partial charge is 0.369 e. The summed E-state index contributed by atoms with van der Waals surface area (Å²) < 4.78 is 0.894. The van der Waals surface area contributed by atoms with Crippen molar-refractivity contribution in [1.29, 1.82) is 0 Å². The molecule has 20 heavy (non-hydrogen) atoms. The first-order chi connectivity index (χ1) is 9.78. The maximum absolute atomic E-state index is 4.33. The number of aromatic amines is 1. The Bertz CT molecular complexity index is 708. The second kappa shape index (κ2) is 5.85. The first-order valence-electron chi connectivity index (χ1n) is 6.28. The Morgan fingerprint density at radius 2 is 2.15 bits per heavy atom. The molecule has 0 saturated carbocycles. The number of hydrogen-bond donors (Lipinski definition) is 2. The van der Waals surface area contributed by atoms with Crippen LogP contribution in [0.25, 0.3) is 10.9 Å². The molecule has 2 aromatic heterocycles. The second-order valence-electron chi connectivity index (χ2n) is 4.19. The van der Waals surface area contributed by atoms with Crippen molar-refractivity contribution in [3.63, 3.8) is 0 Å². The molecule has 2 N–H and O–H groups in total. The SMILES string of the molecule is CCNc1ncnc(Sc2cc3ccccc3[nH]2)c1Br. The molecule has 4 nitrogen and oxygen atoms in total. The van der Waals surface area contributed by atoms with Gasteiger partial charge in [0, 0.05) is 17.4 Å². The number of fused-ring (bicyclic) bond motifs is 1. The highest BCUT2D eigenvalue weighted by Crippen LogP contribution is 2.35. The minimum atomic E-state index is 0.820. The number of halogens is 1. The van der Waals surface area contributed by atoms with Gasteiger partial charge in [-0.15, -0.1) is 0 Å². The molecule has 0 amide bonds. The number of aromatic nitrogens is 3. The molecule has 0 spiro atoms. The Morgan fingerprint density at radius 3 is 2.95 bits per heavy atom. The first-order valence-corrected chi connectivity index (χ1v) is 7.89. The van der Waals surface area contributed by atoms with Gasteiger partial charge in [0.25, 0.3) is 0 Å². The minimum absolute atomic E-state index is 0.820. The number of rotatable bonds is 4. The Kier molecular flexibility index (Phi) is 3.93. The van der Waals surface area contributed by atoms with Gasteiger partial charge in [-0.3, -0.25) is 0 Å². The van der Waals surface area contributed by atoms with E-state index in [1.54, 1.807) is 18.1 Å². The molecule has 3 rings (SSSR count). The standard InChI is InChI=1S/C14H13BrN4S/c1-2-16-13-12(15)14(18-8-17-13)20-11-7-9-5-3-4-6-10(9)19-11/h3-8,19H,2H2,1H3,(H,16,17,18). The van der Waals surface area contributed by atoms with Gasteiger partial charge in [-0.25, -0.2) is 9.97 Å². The number of nitrogens with one attached hydrogen (secondary N) is 2. The Labute approximate surface area is 129 Å². The summed E-state index contributed by atoms with van der Waals surface area (Å²) in [6.07, 6.45) is 1.58. The third-order valence-corrected chi connectivity index (χ3v) is 4.77. The highest BCUT2D eigenvalue weighted by atomic mass is 79.9. The topological polar surface area (TPSA) is 53.6 Å². The van der Waals surface area contributed by atoms with Crippen LogP contribution in [0.1, 0.15) is 6.92 Å². The van der Waals surface area contributed by atoms with Crippen LogP contribution in [0.3, 0.4) is 0 Å². The first kappa shape index (κ1) is 13.5. The second-order valence-corrected chi connectivity index (χ2v) is 6.02. The van der Waals surface area contributed by atoms with E-state index in [2.05, 4.69) is 54.4 Å². The third-order valence-electron chi connectivity index (χ3n) is 2.81. The third kappa shape index (κ3) is 2.66. The number of para-hydroxylation sites is 1. The summed E-state index contributed by atoms with van der Waals surface area (Å²) in [6.45, 7) is 2.87. The molecule has 1 aromatic carbocycles. The number of nitrogens with zero attached hydrogens (tertiary/aromatic N) is 2. The maximum atomic E-state index is 4.33. The van der Waals surface area contributed by atoms with Crippen LogP contribution in [-0.2, 0) is 0 Å². The van der Waals surface area contributed by atoms with Crippen LogP contribution in [0.5, 0.6) is 0 Å². The summed E-state index contributed by atoms with van der Waals surface area (Å²) in [7, 11) is 0. The van der Waals surface area contributed by atoms with Gasteiger partial charge < -0.3 is 10.3 Å². The fourth-order valence-corrected chi connectivity index (χ4v) is 3.35. The lowest BCUT2D eigenvalue weighted by Crippen LogP contribution is -2.01. The minimum Gasteiger partial charge on any atom is -0.369 e. The van der Waals surface area contributed by atoms with E-state index >= 15 is 0 Å². The lowest BCUT2D eigenvalue weighted by molar-refractivity contribution is 1.01. The summed E-state index contributed by atoms with van der Waals surface area (Å²) in [4.78, 5) is 11.9. The molecule has 2 heterocycles. The van der Waals surface area contributed by atoms with E-state index in [9.17, 15) is 0 Å². The van der Waals surface area contributed by atoms with Crippen LogP contribution in [-0.4, -0.2) is 21.5 Å². The van der Waals surface area contributed by atoms with Crippen LogP contribution < -0.4 is 5.32 Å². The zero-order valence-electron chi connectivity index (χ0n) is 10.9. The molecule has 102 valence electrons. The average molecular weight is 349 g/mol. The van der Waals surface area contributed by atoms with Crippen LogP contribution in [0.2, 0.25) is 0 Å². The molecular weight excluding hydrogens is 336 g/mol. The van der Waals surface area contributed by atoms with E-state index in [1.165, 1.54) is 5.39 Å². The van der Waals surface area contributed by atoms with Gasteiger partial charge in [0.05, 0.1) is 9.50 Å². The van der Waals surface area contributed by atoms with Gasteiger partial charge in [0.1, 0.15) is 17.2 Å². The number of anilines is 1. The fraction of sp³-hybridized carbons (Fsp3) is 0.143. The van der Waals surface area contributed by atoms with E-state index < -0.39 is 0 Å². The molecule has 3 aromatic rings. The fourth-order valence-electron chi connectivity index (χ4n) is 1.92. The van der Waals surface area contributed by atoms with Crippen molar-refractivity contribution < 1.29 is 0 Å². The molecule has 0 aliphatic rings. The highest BCUT2D eigenvalue weighted by Gasteiger charge is 2.11. The highest BCUT2D eigenvalue weighted by molar-refractivity contribution is 9.10. The number of H-pyrrole nitrogens is 1. The molecule has 0 unspecified atom stereocenters. The summed E-state index contributed by atoms with van der Waals surface area (Å²) >= 11 is 5.15. The monoisotopic (exact) mass is 348 g/mol. The van der Waals surface area contributed by atoms with E-state index in [0.717, 1.165) is 32.4 Å². The quantitative estimate of drug-likeness (QED) is 0.690. The molecule has 0 fully saturated rings. The predicted octanol–water partition coefficient (Wildman–Crippen LogP) is 4.30. The summed E-state index contributed by atoms with van der Waals surface area (Å²) in [6, 6.07) is 10.3. The van der Waals surface area contributed by atoms with E-state index in [1.807, 2.05) is 19.1 Å². The Hall–Kier alpha value is -1.53. The molecule has 0 radical (unpaired) electrons. The number of hydrogen-bond acceptors (Lipinski definition) is 4. The maximum Gasteiger partial charge on any atom is 0.144 e. The van der Waals surface area contributed by atoms with Crippen molar-refractivity contribution in [2.24, 2.45) is 0 Å². The normalized spacial score (nSPS) is 10.9. The van der Waals surface area contributed by atoms with Crippen LogP contribution in [0, 0.1) is 0 Å². The van der Waals surface area contributed by atoms with Gasteiger partial charge >= 0.3 is 0 Å². The van der Waals surface area contributed by atoms with Crippen LogP contribution in [0.15, 0.2) is 51.2 Å². The summed E-state index contributed by atoms with van der Waals surface area (Å²) in [5.74, 6) is 0.820. The van der Waals surface area contributed by atoms with Crippen molar-refractivity contribution in [3.8, 4) is 0 Å². The predicted molar refractivity (Wildman–Crippen MR) is 86.3 cm³/mol. The van der Waals surface area contributed by atoms with Gasteiger partial charge in [0.15, 0.2) is 0 Å². The van der Waals surface area contributed by atoms with E-state index in [-0.39, 0.29) is 0 Å². The van der Waals surface area contributed by atoms with Gasteiger partial charge in [0.2, 0.25) is 0 Å². The van der Waals surface area contributed by atoms with Crippen molar-refractivity contribution in [1.82, 2.24) is 15.0 Å². The molecule has 0 saturated heterocycles. The van der Waals surface area contributed by atoms with E-state index in [0.29, 0.717) is 0 Å². The van der Waals surface area contributed by atoms with Crippen LogP contribution >= 0.6 is 27.7 Å². The smallest absolute Gasteiger partial charge is 0.144 e. The van der Waals surface area contributed by atoms with Crippen molar-refractivity contribution in [2.75, 3.05) is 11.9 Å². The van der Waals surface area contributed by atoms with Crippen molar-refractivity contribution in [2.45, 2.75) is 17.0 Å². The zero-order valence-corrected chi connectivity index (χ0v) is 13.3. The number of benzene rings is 1. The zero-order chi connectivity index (χ0) is 13.9. The lowest BCUT2D eigenvalue weighted by atomic mass is 10.3. The lowest BCUT2D eigenvalue weighted by Gasteiger charge is -2.07. The van der Waals surface area contributed by atoms with Gasteiger partial charge in [-0.2, -0.15) is 0 Å². The van der Waals surface area contributed by atoms with Crippen LogP contribution in [0.4, 0.5) is 5.82 Å². The molecule has 0 atom stereocenters. The van der Waals surface area contributed by atoms with Crippen molar-refractivity contribution in [3.05, 3.63) is 41.1 Å². The molecule has 0 aliphatic heterocycles. The van der Waals surface area contributed by atoms with Gasteiger partial charge in [-0.1, -0.05) is 30.0 Å².